The van der Waals surface area contributed by atoms with E-state index in [9.17, 15) is 14.4 Å². The molecule has 3 aliphatic rings. The topological polar surface area (TPSA) is 73.4 Å². The van der Waals surface area contributed by atoms with Gasteiger partial charge in [-0.05, 0) is 44.0 Å². The van der Waals surface area contributed by atoms with Crippen molar-refractivity contribution in [3.8, 4) is 0 Å². The Bertz CT molecular complexity index is 1070. The molecule has 0 N–H and O–H groups in total. The van der Waals surface area contributed by atoms with Crippen LogP contribution in [0.1, 0.15) is 28.8 Å². The lowest BCUT2D eigenvalue weighted by atomic mass is 9.85. The summed E-state index contributed by atoms with van der Waals surface area (Å²) < 4.78 is 5.36. The third-order valence-electron chi connectivity index (χ3n) is 7.45. The summed E-state index contributed by atoms with van der Waals surface area (Å²) in [5, 5.41) is 0. The van der Waals surface area contributed by atoms with Gasteiger partial charge in [-0.25, -0.2) is 0 Å². The molecule has 8 nitrogen and oxygen atoms in total. The van der Waals surface area contributed by atoms with Crippen molar-refractivity contribution in [1.29, 1.82) is 0 Å². The van der Waals surface area contributed by atoms with Crippen molar-refractivity contribution in [1.82, 2.24) is 14.7 Å². The van der Waals surface area contributed by atoms with Crippen molar-refractivity contribution in [3.63, 3.8) is 0 Å². The Morgan fingerprint density at radius 2 is 1.54 bits per heavy atom. The van der Waals surface area contributed by atoms with Gasteiger partial charge >= 0.3 is 0 Å². The van der Waals surface area contributed by atoms with Crippen LogP contribution in [-0.4, -0.2) is 90.6 Å². The Morgan fingerprint density at radius 3 is 2.20 bits per heavy atom. The van der Waals surface area contributed by atoms with Gasteiger partial charge in [0.1, 0.15) is 12.1 Å². The maximum atomic E-state index is 13.9. The standard InChI is InChI=1S/C27H32N4O4/c1-21-7-9-22(10-8-21)25(33)29-13-11-27(12-14-29)26(34)30(19-24(32)28-15-17-35-18-16-28)20-31(27)23-5-3-2-4-6-23/h2-10H,11-20H2,1H3. The average Bonchev–Trinajstić information content (AvgIpc) is 3.16. The largest absolute Gasteiger partial charge is 0.378 e. The molecule has 0 atom stereocenters. The van der Waals surface area contributed by atoms with E-state index in [0.29, 0.717) is 64.5 Å². The zero-order chi connectivity index (χ0) is 24.4. The quantitative estimate of drug-likeness (QED) is 0.676. The van der Waals surface area contributed by atoms with Crippen LogP contribution >= 0.6 is 0 Å². The number of amides is 3. The van der Waals surface area contributed by atoms with E-state index in [0.717, 1.165) is 11.3 Å². The predicted octanol–water partition coefficient (Wildman–Crippen LogP) is 2.13. The van der Waals surface area contributed by atoms with Crippen LogP contribution in [0.2, 0.25) is 0 Å². The van der Waals surface area contributed by atoms with Gasteiger partial charge in [-0.15, -0.1) is 0 Å². The summed E-state index contributed by atoms with van der Waals surface area (Å²) in [7, 11) is 0. The van der Waals surface area contributed by atoms with Crippen LogP contribution < -0.4 is 4.90 Å². The highest BCUT2D eigenvalue weighted by molar-refractivity contribution is 5.97. The summed E-state index contributed by atoms with van der Waals surface area (Å²) in [6.07, 6.45) is 1.06. The van der Waals surface area contributed by atoms with E-state index in [1.807, 2.05) is 66.4 Å². The molecule has 2 aromatic carbocycles. The molecule has 3 aliphatic heterocycles. The fourth-order valence-electron chi connectivity index (χ4n) is 5.36. The number of carbonyl (C=O) groups is 3. The Kier molecular flexibility index (Phi) is 6.47. The summed E-state index contributed by atoms with van der Waals surface area (Å²) in [5.74, 6) is -0.0694. The van der Waals surface area contributed by atoms with E-state index in [4.69, 9.17) is 4.74 Å². The molecule has 3 amide bonds. The number of morpholine rings is 1. The first-order valence-corrected chi connectivity index (χ1v) is 12.3. The van der Waals surface area contributed by atoms with Gasteiger partial charge in [0.05, 0.1) is 19.9 Å². The minimum absolute atomic E-state index is 0.00379. The molecule has 0 radical (unpaired) electrons. The molecule has 3 heterocycles. The van der Waals surface area contributed by atoms with Gasteiger partial charge in [-0.1, -0.05) is 35.9 Å². The van der Waals surface area contributed by atoms with Gasteiger partial charge in [-0.3, -0.25) is 14.4 Å². The summed E-state index contributed by atoms with van der Waals surface area (Å²) >= 11 is 0. The lowest BCUT2D eigenvalue weighted by molar-refractivity contribution is -0.143. The van der Waals surface area contributed by atoms with Gasteiger partial charge in [0, 0.05) is 37.4 Å². The summed E-state index contributed by atoms with van der Waals surface area (Å²) in [4.78, 5) is 47.3. The molecule has 2 aromatic rings. The van der Waals surface area contributed by atoms with Gasteiger partial charge in [0.25, 0.3) is 11.8 Å². The molecule has 3 fully saturated rings. The van der Waals surface area contributed by atoms with Crippen molar-refractivity contribution in [2.75, 3.05) is 57.5 Å². The minimum Gasteiger partial charge on any atom is -0.378 e. The summed E-state index contributed by atoms with van der Waals surface area (Å²) in [6, 6.07) is 17.5. The molecule has 1 spiro atoms. The zero-order valence-electron chi connectivity index (χ0n) is 20.2. The second kappa shape index (κ2) is 9.70. The van der Waals surface area contributed by atoms with Crippen molar-refractivity contribution >= 4 is 23.4 Å². The van der Waals surface area contributed by atoms with Gasteiger partial charge in [0.15, 0.2) is 0 Å². The average molecular weight is 477 g/mol. The van der Waals surface area contributed by atoms with Gasteiger partial charge in [-0.2, -0.15) is 0 Å². The zero-order valence-corrected chi connectivity index (χ0v) is 20.2. The molecule has 35 heavy (non-hydrogen) atoms. The molecule has 0 bridgehead atoms. The number of carbonyl (C=O) groups excluding carboxylic acids is 3. The van der Waals surface area contributed by atoms with E-state index in [1.165, 1.54) is 0 Å². The fraction of sp³-hybridized carbons (Fsp3) is 0.444. The SMILES string of the molecule is Cc1ccc(C(=O)N2CCC3(CC2)C(=O)N(CC(=O)N2CCOCC2)CN3c2ccccc2)cc1. The maximum absolute atomic E-state index is 13.9. The Labute approximate surface area is 206 Å². The Balaban J connectivity index is 1.34. The number of aryl methyl sites for hydroxylation is 1. The van der Waals surface area contributed by atoms with Crippen LogP contribution in [0, 0.1) is 6.92 Å². The lowest BCUT2D eigenvalue weighted by Crippen LogP contribution is -2.57. The van der Waals surface area contributed by atoms with Gasteiger partial charge < -0.3 is 24.3 Å². The van der Waals surface area contributed by atoms with E-state index < -0.39 is 5.54 Å². The minimum atomic E-state index is -0.753. The predicted molar refractivity (Wildman–Crippen MR) is 132 cm³/mol. The number of rotatable bonds is 4. The normalized spacial score (nSPS) is 20.0. The first kappa shape index (κ1) is 23.4. The molecule has 0 unspecified atom stereocenters. The lowest BCUT2D eigenvalue weighted by Gasteiger charge is -2.43. The number of hydrogen-bond donors (Lipinski definition) is 0. The molecule has 5 rings (SSSR count). The van der Waals surface area contributed by atoms with Crippen LogP contribution in [0.5, 0.6) is 0 Å². The highest BCUT2D eigenvalue weighted by Crippen LogP contribution is 2.39. The molecule has 0 saturated carbocycles. The van der Waals surface area contributed by atoms with Crippen LogP contribution in [0.15, 0.2) is 54.6 Å². The van der Waals surface area contributed by atoms with Crippen molar-refractivity contribution in [3.05, 3.63) is 65.7 Å². The summed E-state index contributed by atoms with van der Waals surface area (Å²) in [6.45, 7) is 5.60. The van der Waals surface area contributed by atoms with E-state index in [1.54, 1.807) is 9.80 Å². The van der Waals surface area contributed by atoms with E-state index >= 15 is 0 Å². The number of hydrogen-bond acceptors (Lipinski definition) is 5. The number of likely N-dealkylation sites (tertiary alicyclic amines) is 1. The van der Waals surface area contributed by atoms with E-state index in [2.05, 4.69) is 4.90 Å². The van der Waals surface area contributed by atoms with Gasteiger partial charge in [0.2, 0.25) is 5.91 Å². The second-order valence-corrected chi connectivity index (χ2v) is 9.59. The number of ether oxygens (including phenoxy) is 1. The number of piperidine rings is 1. The highest BCUT2D eigenvalue weighted by atomic mass is 16.5. The number of nitrogens with zero attached hydrogens (tertiary/aromatic N) is 4. The third kappa shape index (κ3) is 4.50. The monoisotopic (exact) mass is 476 g/mol. The van der Waals surface area contributed by atoms with Crippen LogP contribution in [0.4, 0.5) is 5.69 Å². The molecule has 0 aliphatic carbocycles. The first-order valence-electron chi connectivity index (χ1n) is 12.3. The highest BCUT2D eigenvalue weighted by Gasteiger charge is 2.54. The number of para-hydroxylation sites is 1. The smallest absolute Gasteiger partial charge is 0.253 e. The van der Waals surface area contributed by atoms with Crippen LogP contribution in [-0.2, 0) is 14.3 Å². The fourth-order valence-corrected chi connectivity index (χ4v) is 5.36. The molecule has 184 valence electrons. The Morgan fingerprint density at radius 1 is 0.886 bits per heavy atom. The maximum Gasteiger partial charge on any atom is 0.253 e. The van der Waals surface area contributed by atoms with Crippen molar-refractivity contribution in [2.45, 2.75) is 25.3 Å². The number of benzene rings is 2. The van der Waals surface area contributed by atoms with E-state index in [-0.39, 0.29) is 24.3 Å². The third-order valence-corrected chi connectivity index (χ3v) is 7.45. The molecular formula is C27H32N4O4. The summed E-state index contributed by atoms with van der Waals surface area (Å²) in [5.41, 5.74) is 1.99. The molecule has 3 saturated heterocycles. The first-order chi connectivity index (χ1) is 17.0. The molecule has 8 heteroatoms. The van der Waals surface area contributed by atoms with Crippen LogP contribution in [0.3, 0.4) is 0 Å². The molecular weight excluding hydrogens is 444 g/mol. The molecule has 0 aromatic heterocycles. The van der Waals surface area contributed by atoms with Crippen molar-refractivity contribution < 1.29 is 19.1 Å². The van der Waals surface area contributed by atoms with Crippen molar-refractivity contribution in [2.24, 2.45) is 0 Å². The second-order valence-electron chi connectivity index (χ2n) is 9.59. The number of anilines is 1. The Hall–Kier alpha value is -3.39. The van der Waals surface area contributed by atoms with Crippen LogP contribution in [0.25, 0.3) is 0 Å².